The van der Waals surface area contributed by atoms with Gasteiger partial charge in [0.2, 0.25) is 10.0 Å². The van der Waals surface area contributed by atoms with Gasteiger partial charge in [0.25, 0.3) is 0 Å². The molecule has 0 N–H and O–H groups in total. The molecule has 0 amide bonds. The van der Waals surface area contributed by atoms with Crippen molar-refractivity contribution in [2.24, 2.45) is 5.92 Å². The Hall–Kier alpha value is -0.580. The van der Waals surface area contributed by atoms with Gasteiger partial charge in [-0.3, -0.25) is 0 Å². The maximum absolute atomic E-state index is 12.8. The minimum Gasteiger partial charge on any atom is -0.207 e. The smallest absolute Gasteiger partial charge is 0.207 e. The summed E-state index contributed by atoms with van der Waals surface area (Å²) in [6.07, 6.45) is 2.25. The van der Waals surface area contributed by atoms with Crippen LogP contribution in [0.5, 0.6) is 0 Å². The van der Waals surface area contributed by atoms with Crippen LogP contribution in [0.1, 0.15) is 36.5 Å². The predicted molar refractivity (Wildman–Crippen MR) is 82.6 cm³/mol. The van der Waals surface area contributed by atoms with Crippen molar-refractivity contribution in [1.29, 1.82) is 0 Å². The summed E-state index contributed by atoms with van der Waals surface area (Å²) in [5, 5.41) is 0. The zero-order valence-corrected chi connectivity index (χ0v) is 14.1. The van der Waals surface area contributed by atoms with Crippen molar-refractivity contribution in [2.45, 2.75) is 50.4 Å². The largest absolute Gasteiger partial charge is 0.243 e. The van der Waals surface area contributed by atoms with Gasteiger partial charge in [0.1, 0.15) is 0 Å². The molecule has 1 aliphatic rings. The molecule has 0 radical (unpaired) electrons. The second-order valence-corrected chi connectivity index (χ2v) is 8.00. The summed E-state index contributed by atoms with van der Waals surface area (Å²) in [6, 6.07) is 3.71. The van der Waals surface area contributed by atoms with E-state index in [0.717, 1.165) is 29.5 Å². The van der Waals surface area contributed by atoms with E-state index < -0.39 is 10.0 Å². The molecule has 1 aromatic rings. The minimum atomic E-state index is -3.45. The lowest BCUT2D eigenvalue weighted by atomic mass is 10.1. The first-order chi connectivity index (χ1) is 9.28. The standard InChI is InChI=1S/C15H22ClNO2S/c1-10-7-13(9-16)8-15(11(10)2)20(18,19)17(4)12(3)14-5-6-14/h7-8,12,14H,5-6,9H2,1-4H3. The summed E-state index contributed by atoms with van der Waals surface area (Å²) in [4.78, 5) is 0.392. The summed E-state index contributed by atoms with van der Waals surface area (Å²) < 4.78 is 27.2. The molecule has 0 saturated heterocycles. The van der Waals surface area contributed by atoms with Crippen LogP contribution in [0.15, 0.2) is 17.0 Å². The van der Waals surface area contributed by atoms with Crippen molar-refractivity contribution >= 4 is 21.6 Å². The summed E-state index contributed by atoms with van der Waals surface area (Å²) in [6.45, 7) is 5.77. The predicted octanol–water partition coefficient (Wildman–Crippen LogP) is 3.46. The normalized spacial score (nSPS) is 17.5. The molecule has 3 nitrogen and oxygen atoms in total. The Labute approximate surface area is 127 Å². The van der Waals surface area contributed by atoms with Gasteiger partial charge in [0.15, 0.2) is 0 Å². The highest BCUT2D eigenvalue weighted by Gasteiger charge is 2.36. The van der Waals surface area contributed by atoms with Gasteiger partial charge < -0.3 is 0 Å². The van der Waals surface area contributed by atoms with Crippen molar-refractivity contribution in [2.75, 3.05) is 7.05 Å². The van der Waals surface area contributed by atoms with Crippen LogP contribution >= 0.6 is 11.6 Å². The lowest BCUT2D eigenvalue weighted by molar-refractivity contribution is 0.357. The number of alkyl halides is 1. The van der Waals surface area contributed by atoms with Gasteiger partial charge in [-0.1, -0.05) is 6.07 Å². The van der Waals surface area contributed by atoms with Gasteiger partial charge in [-0.15, -0.1) is 11.6 Å². The summed E-state index contributed by atoms with van der Waals surface area (Å²) in [7, 11) is -1.77. The van der Waals surface area contributed by atoms with Crippen LogP contribution in [-0.2, 0) is 15.9 Å². The molecule has 1 aromatic carbocycles. The van der Waals surface area contributed by atoms with Gasteiger partial charge in [0.05, 0.1) is 4.90 Å². The summed E-state index contributed by atoms with van der Waals surface area (Å²) in [5.41, 5.74) is 2.63. The van der Waals surface area contributed by atoms with E-state index in [2.05, 4.69) is 0 Å². The molecular weight excluding hydrogens is 294 g/mol. The fourth-order valence-electron chi connectivity index (χ4n) is 2.49. The Balaban J connectivity index is 2.45. The lowest BCUT2D eigenvalue weighted by Gasteiger charge is -2.25. The van der Waals surface area contributed by atoms with E-state index in [9.17, 15) is 8.42 Å². The molecule has 1 atom stereocenters. The van der Waals surface area contributed by atoms with Crippen molar-refractivity contribution in [3.8, 4) is 0 Å². The highest BCUT2D eigenvalue weighted by atomic mass is 35.5. The van der Waals surface area contributed by atoms with Crippen molar-refractivity contribution in [1.82, 2.24) is 4.31 Å². The molecule has 1 fully saturated rings. The molecule has 5 heteroatoms. The highest BCUT2D eigenvalue weighted by molar-refractivity contribution is 7.89. The number of benzene rings is 1. The number of nitrogens with zero attached hydrogens (tertiary/aromatic N) is 1. The molecule has 1 aliphatic carbocycles. The number of sulfonamides is 1. The fourth-order valence-corrected chi connectivity index (χ4v) is 4.42. The van der Waals surface area contributed by atoms with Crippen LogP contribution in [0.4, 0.5) is 0 Å². The number of hydrogen-bond donors (Lipinski definition) is 0. The second-order valence-electron chi connectivity index (χ2n) is 5.77. The number of hydrogen-bond acceptors (Lipinski definition) is 2. The lowest BCUT2D eigenvalue weighted by Crippen LogP contribution is -2.36. The molecule has 0 aromatic heterocycles. The zero-order valence-electron chi connectivity index (χ0n) is 12.5. The molecule has 0 bridgehead atoms. The van der Waals surface area contributed by atoms with Crippen LogP contribution in [0, 0.1) is 19.8 Å². The van der Waals surface area contributed by atoms with E-state index in [-0.39, 0.29) is 6.04 Å². The topological polar surface area (TPSA) is 37.4 Å². The van der Waals surface area contributed by atoms with E-state index in [4.69, 9.17) is 11.6 Å². The molecule has 0 aliphatic heterocycles. The molecule has 112 valence electrons. The first kappa shape index (κ1) is 15.8. The zero-order chi connectivity index (χ0) is 15.1. The van der Waals surface area contributed by atoms with Gasteiger partial charge in [-0.05, 0) is 62.3 Å². The van der Waals surface area contributed by atoms with Crippen LogP contribution in [0.3, 0.4) is 0 Å². The average Bonchev–Trinajstić information content (AvgIpc) is 3.24. The molecular formula is C15H22ClNO2S. The Kier molecular flexibility index (Phi) is 4.47. The Morgan fingerprint density at radius 3 is 2.45 bits per heavy atom. The number of aryl methyl sites for hydroxylation is 1. The Morgan fingerprint density at radius 1 is 1.35 bits per heavy atom. The molecule has 0 heterocycles. The monoisotopic (exact) mass is 315 g/mol. The highest BCUT2D eigenvalue weighted by Crippen LogP contribution is 2.37. The second kappa shape index (κ2) is 5.66. The molecule has 0 spiro atoms. The first-order valence-corrected chi connectivity index (χ1v) is 8.90. The quantitative estimate of drug-likeness (QED) is 0.780. The summed E-state index contributed by atoms with van der Waals surface area (Å²) in [5.74, 6) is 0.832. The third kappa shape index (κ3) is 2.87. The van der Waals surface area contributed by atoms with Gasteiger partial charge in [-0.2, -0.15) is 4.31 Å². The van der Waals surface area contributed by atoms with Crippen LogP contribution in [0.25, 0.3) is 0 Å². The molecule has 20 heavy (non-hydrogen) atoms. The summed E-state index contributed by atoms with van der Waals surface area (Å²) >= 11 is 5.87. The van der Waals surface area contributed by atoms with E-state index >= 15 is 0 Å². The van der Waals surface area contributed by atoms with Crippen LogP contribution in [0.2, 0.25) is 0 Å². The minimum absolute atomic E-state index is 0.0550. The maximum atomic E-state index is 12.8. The average molecular weight is 316 g/mol. The van der Waals surface area contributed by atoms with Crippen molar-refractivity contribution < 1.29 is 8.42 Å². The third-order valence-corrected chi connectivity index (χ3v) is 6.75. The van der Waals surface area contributed by atoms with Crippen LogP contribution < -0.4 is 0 Å². The van der Waals surface area contributed by atoms with E-state index in [1.807, 2.05) is 26.8 Å². The number of halogens is 1. The van der Waals surface area contributed by atoms with Crippen molar-refractivity contribution in [3.05, 3.63) is 28.8 Å². The number of rotatable bonds is 5. The van der Waals surface area contributed by atoms with Gasteiger partial charge in [-0.25, -0.2) is 8.42 Å². The van der Waals surface area contributed by atoms with E-state index in [1.165, 1.54) is 4.31 Å². The fraction of sp³-hybridized carbons (Fsp3) is 0.600. The van der Waals surface area contributed by atoms with Gasteiger partial charge >= 0.3 is 0 Å². The van der Waals surface area contributed by atoms with E-state index in [0.29, 0.717) is 16.7 Å². The molecule has 2 rings (SSSR count). The Morgan fingerprint density at radius 2 is 1.95 bits per heavy atom. The molecule has 1 saturated carbocycles. The molecule has 1 unspecified atom stereocenters. The Bertz CT molecular complexity index is 609. The SMILES string of the molecule is Cc1cc(CCl)cc(S(=O)(=O)N(C)C(C)C2CC2)c1C. The van der Waals surface area contributed by atoms with Crippen molar-refractivity contribution in [3.63, 3.8) is 0 Å². The van der Waals surface area contributed by atoms with Crippen LogP contribution in [-0.4, -0.2) is 25.8 Å². The third-order valence-electron chi connectivity index (χ3n) is 4.37. The first-order valence-electron chi connectivity index (χ1n) is 6.93. The van der Waals surface area contributed by atoms with E-state index in [1.54, 1.807) is 13.1 Å². The van der Waals surface area contributed by atoms with Gasteiger partial charge in [0, 0.05) is 19.0 Å². The maximum Gasteiger partial charge on any atom is 0.243 e.